The molecule has 0 saturated heterocycles. The molecule has 0 radical (unpaired) electrons. The molecule has 1 rings (SSSR count). The van der Waals surface area contributed by atoms with Crippen LogP contribution in [-0.2, 0) is 5.75 Å². The third kappa shape index (κ3) is 2.78. The zero-order chi connectivity index (χ0) is 8.81. The largest absolute Gasteiger partial charge is 0.497 e. The molecule has 0 N–H and O–H groups in total. The van der Waals surface area contributed by atoms with Gasteiger partial charge in [-0.3, -0.25) is 0 Å². The van der Waals surface area contributed by atoms with Gasteiger partial charge in [-0.1, -0.05) is 19.1 Å². The number of methoxy groups -OCH3 is 1. The van der Waals surface area contributed by atoms with E-state index in [1.54, 1.807) is 7.11 Å². The monoisotopic (exact) mass is 182 g/mol. The van der Waals surface area contributed by atoms with Crippen molar-refractivity contribution in [3.63, 3.8) is 0 Å². The van der Waals surface area contributed by atoms with Gasteiger partial charge in [0.25, 0.3) is 0 Å². The van der Waals surface area contributed by atoms with Crippen LogP contribution >= 0.6 is 11.8 Å². The fraction of sp³-hybridized carbons (Fsp3) is 0.400. The summed E-state index contributed by atoms with van der Waals surface area (Å²) in [5.74, 6) is 3.20. The average molecular weight is 182 g/mol. The van der Waals surface area contributed by atoms with E-state index in [2.05, 4.69) is 19.1 Å². The quantitative estimate of drug-likeness (QED) is 0.708. The zero-order valence-corrected chi connectivity index (χ0v) is 8.36. The Hall–Kier alpha value is -0.630. The standard InChI is InChI=1S/C10H14OS/c1-3-12-8-9-4-6-10(11-2)7-5-9/h4-7H,3,8H2,1-2H3. The normalized spacial score (nSPS) is 9.83. The van der Waals surface area contributed by atoms with E-state index in [0.29, 0.717) is 0 Å². The van der Waals surface area contributed by atoms with Gasteiger partial charge >= 0.3 is 0 Å². The summed E-state index contributed by atoms with van der Waals surface area (Å²) in [5.41, 5.74) is 1.36. The van der Waals surface area contributed by atoms with Crippen LogP contribution in [0.4, 0.5) is 0 Å². The molecular formula is C10H14OS. The Morgan fingerprint density at radius 2 is 1.92 bits per heavy atom. The molecule has 0 atom stereocenters. The number of benzene rings is 1. The highest BCUT2D eigenvalue weighted by molar-refractivity contribution is 7.98. The van der Waals surface area contributed by atoms with Crippen molar-refractivity contribution in [1.82, 2.24) is 0 Å². The summed E-state index contributed by atoms with van der Waals surface area (Å²) in [5, 5.41) is 0. The Balaban J connectivity index is 2.53. The fourth-order valence-corrected chi connectivity index (χ4v) is 1.57. The third-order valence-corrected chi connectivity index (χ3v) is 2.58. The Kier molecular flexibility index (Phi) is 4.01. The van der Waals surface area contributed by atoms with Crippen LogP contribution < -0.4 is 4.74 Å². The summed E-state index contributed by atoms with van der Waals surface area (Å²) in [7, 11) is 1.69. The number of thioether (sulfide) groups is 1. The van der Waals surface area contributed by atoms with Crippen LogP contribution in [0.15, 0.2) is 24.3 Å². The van der Waals surface area contributed by atoms with Crippen molar-refractivity contribution in [2.24, 2.45) is 0 Å². The van der Waals surface area contributed by atoms with E-state index in [0.717, 1.165) is 11.5 Å². The number of hydrogen-bond acceptors (Lipinski definition) is 2. The lowest BCUT2D eigenvalue weighted by Gasteiger charge is -2.01. The van der Waals surface area contributed by atoms with Crippen LogP contribution in [0.1, 0.15) is 12.5 Å². The van der Waals surface area contributed by atoms with Gasteiger partial charge in [0.05, 0.1) is 7.11 Å². The first-order valence-electron chi connectivity index (χ1n) is 4.07. The maximum Gasteiger partial charge on any atom is 0.118 e. The predicted molar refractivity (Wildman–Crippen MR) is 54.8 cm³/mol. The zero-order valence-electron chi connectivity index (χ0n) is 7.54. The lowest BCUT2D eigenvalue weighted by molar-refractivity contribution is 0.414. The van der Waals surface area contributed by atoms with E-state index < -0.39 is 0 Å². The molecule has 2 heteroatoms. The van der Waals surface area contributed by atoms with E-state index in [9.17, 15) is 0 Å². The van der Waals surface area contributed by atoms with Crippen molar-refractivity contribution >= 4 is 11.8 Å². The van der Waals surface area contributed by atoms with E-state index in [-0.39, 0.29) is 0 Å². The molecular weight excluding hydrogens is 168 g/mol. The van der Waals surface area contributed by atoms with Crippen molar-refractivity contribution in [2.45, 2.75) is 12.7 Å². The van der Waals surface area contributed by atoms with E-state index >= 15 is 0 Å². The molecule has 0 amide bonds. The predicted octanol–water partition coefficient (Wildman–Crippen LogP) is 2.95. The minimum absolute atomic E-state index is 0.931. The lowest BCUT2D eigenvalue weighted by atomic mass is 10.2. The van der Waals surface area contributed by atoms with Gasteiger partial charge in [-0.2, -0.15) is 11.8 Å². The van der Waals surface area contributed by atoms with Crippen LogP contribution in [0.2, 0.25) is 0 Å². The fourth-order valence-electron chi connectivity index (χ4n) is 0.942. The first-order chi connectivity index (χ1) is 5.86. The lowest BCUT2D eigenvalue weighted by Crippen LogP contribution is -1.84. The second kappa shape index (κ2) is 5.09. The van der Waals surface area contributed by atoms with Crippen molar-refractivity contribution in [2.75, 3.05) is 12.9 Å². The molecule has 0 unspecified atom stereocenters. The van der Waals surface area contributed by atoms with Gasteiger partial charge in [0.15, 0.2) is 0 Å². The first kappa shape index (κ1) is 9.46. The van der Waals surface area contributed by atoms with Crippen molar-refractivity contribution in [1.29, 1.82) is 0 Å². The molecule has 1 nitrogen and oxygen atoms in total. The van der Waals surface area contributed by atoms with Gasteiger partial charge in [-0.25, -0.2) is 0 Å². The Bertz CT molecular complexity index is 218. The Morgan fingerprint density at radius 1 is 1.25 bits per heavy atom. The molecule has 0 aromatic heterocycles. The van der Waals surface area contributed by atoms with Crippen molar-refractivity contribution < 1.29 is 4.74 Å². The summed E-state index contributed by atoms with van der Waals surface area (Å²) in [6.07, 6.45) is 0. The minimum atomic E-state index is 0.931. The summed E-state index contributed by atoms with van der Waals surface area (Å²) in [6.45, 7) is 2.17. The van der Waals surface area contributed by atoms with Crippen LogP contribution in [0.25, 0.3) is 0 Å². The number of rotatable bonds is 4. The molecule has 0 heterocycles. The third-order valence-electron chi connectivity index (χ3n) is 1.63. The van der Waals surface area contributed by atoms with Gasteiger partial charge in [0.1, 0.15) is 5.75 Å². The van der Waals surface area contributed by atoms with E-state index in [1.807, 2.05) is 23.9 Å². The molecule has 0 bridgehead atoms. The first-order valence-corrected chi connectivity index (χ1v) is 5.23. The van der Waals surface area contributed by atoms with E-state index in [4.69, 9.17) is 4.74 Å². The molecule has 1 aromatic rings. The summed E-state index contributed by atoms with van der Waals surface area (Å²) in [6, 6.07) is 8.24. The molecule has 66 valence electrons. The van der Waals surface area contributed by atoms with Gasteiger partial charge < -0.3 is 4.74 Å². The highest BCUT2D eigenvalue weighted by Gasteiger charge is 1.92. The summed E-state index contributed by atoms with van der Waals surface area (Å²) < 4.78 is 5.07. The van der Waals surface area contributed by atoms with Gasteiger partial charge in [0, 0.05) is 5.75 Å². The van der Waals surface area contributed by atoms with Gasteiger partial charge in [-0.05, 0) is 23.4 Å². The molecule has 1 aromatic carbocycles. The molecule has 0 spiro atoms. The minimum Gasteiger partial charge on any atom is -0.497 e. The summed E-state index contributed by atoms with van der Waals surface area (Å²) >= 11 is 1.93. The van der Waals surface area contributed by atoms with Gasteiger partial charge in [-0.15, -0.1) is 0 Å². The smallest absolute Gasteiger partial charge is 0.118 e. The Labute approximate surface area is 78.1 Å². The Morgan fingerprint density at radius 3 is 2.42 bits per heavy atom. The maximum absolute atomic E-state index is 5.07. The molecule has 0 aliphatic rings. The van der Waals surface area contributed by atoms with Crippen LogP contribution in [-0.4, -0.2) is 12.9 Å². The van der Waals surface area contributed by atoms with E-state index in [1.165, 1.54) is 11.3 Å². The van der Waals surface area contributed by atoms with Crippen molar-refractivity contribution in [3.8, 4) is 5.75 Å². The highest BCUT2D eigenvalue weighted by atomic mass is 32.2. The number of ether oxygens (including phenoxy) is 1. The highest BCUT2D eigenvalue weighted by Crippen LogP contribution is 2.15. The summed E-state index contributed by atoms with van der Waals surface area (Å²) in [4.78, 5) is 0. The second-order valence-electron chi connectivity index (χ2n) is 2.49. The number of hydrogen-bond donors (Lipinski definition) is 0. The van der Waals surface area contributed by atoms with Gasteiger partial charge in [0.2, 0.25) is 0 Å². The van der Waals surface area contributed by atoms with Crippen LogP contribution in [0, 0.1) is 0 Å². The van der Waals surface area contributed by atoms with Crippen molar-refractivity contribution in [3.05, 3.63) is 29.8 Å². The molecule has 12 heavy (non-hydrogen) atoms. The van der Waals surface area contributed by atoms with Crippen LogP contribution in [0.3, 0.4) is 0 Å². The second-order valence-corrected chi connectivity index (χ2v) is 3.76. The maximum atomic E-state index is 5.07. The molecule has 0 fully saturated rings. The van der Waals surface area contributed by atoms with Crippen LogP contribution in [0.5, 0.6) is 5.75 Å². The molecule has 0 aliphatic heterocycles. The molecule has 0 aliphatic carbocycles. The SMILES string of the molecule is CCSCc1ccc(OC)cc1. The average Bonchev–Trinajstić information content (AvgIpc) is 2.15. The molecule has 0 saturated carbocycles. The topological polar surface area (TPSA) is 9.23 Å².